The van der Waals surface area contributed by atoms with Crippen LogP contribution in [-0.2, 0) is 0 Å². The van der Waals surface area contributed by atoms with Gasteiger partial charge in [0.05, 0.1) is 0 Å². The van der Waals surface area contributed by atoms with Gasteiger partial charge in [0.25, 0.3) is 0 Å². The number of hydrogen-bond acceptors (Lipinski definition) is 3. The minimum atomic E-state index is 0.769. The lowest BCUT2D eigenvalue weighted by Gasteiger charge is -2.43. The van der Waals surface area contributed by atoms with Crippen LogP contribution >= 0.6 is 11.8 Å². The summed E-state index contributed by atoms with van der Waals surface area (Å²) in [6, 6.07) is 0.796. The standard InChI is InChI=1S/C13H26N2S/c1-2-11-3-4-12(10-14)13(9-11)15-5-7-16-8-6-15/h11-13H,2-10,14H2,1H3. The minimum absolute atomic E-state index is 0.769. The molecule has 0 aromatic heterocycles. The zero-order valence-electron chi connectivity index (χ0n) is 10.5. The third kappa shape index (κ3) is 2.93. The van der Waals surface area contributed by atoms with Gasteiger partial charge in [0.1, 0.15) is 0 Å². The van der Waals surface area contributed by atoms with Crippen LogP contribution in [0.4, 0.5) is 0 Å². The molecule has 2 fully saturated rings. The first-order valence-corrected chi connectivity index (χ1v) is 8.02. The summed E-state index contributed by atoms with van der Waals surface area (Å²) >= 11 is 2.11. The topological polar surface area (TPSA) is 29.3 Å². The maximum atomic E-state index is 5.96. The van der Waals surface area contributed by atoms with Crippen molar-refractivity contribution in [1.29, 1.82) is 0 Å². The van der Waals surface area contributed by atoms with Gasteiger partial charge in [-0.15, -0.1) is 0 Å². The molecule has 1 saturated heterocycles. The summed E-state index contributed by atoms with van der Waals surface area (Å²) < 4.78 is 0. The highest BCUT2D eigenvalue weighted by Crippen LogP contribution is 2.34. The van der Waals surface area contributed by atoms with Crippen LogP contribution < -0.4 is 5.73 Å². The quantitative estimate of drug-likeness (QED) is 0.822. The Labute approximate surface area is 104 Å². The molecular formula is C13H26N2S. The Morgan fingerprint density at radius 1 is 1.25 bits per heavy atom. The first-order valence-electron chi connectivity index (χ1n) is 6.87. The maximum Gasteiger partial charge on any atom is 0.0139 e. The summed E-state index contributed by atoms with van der Waals surface area (Å²) in [6.45, 7) is 5.83. The van der Waals surface area contributed by atoms with E-state index in [2.05, 4.69) is 23.6 Å². The Morgan fingerprint density at radius 2 is 2.00 bits per heavy atom. The average molecular weight is 242 g/mol. The van der Waals surface area contributed by atoms with Crippen LogP contribution in [0.5, 0.6) is 0 Å². The Kier molecular flexibility index (Phi) is 4.98. The van der Waals surface area contributed by atoms with Gasteiger partial charge in [0, 0.05) is 30.6 Å². The Morgan fingerprint density at radius 3 is 2.62 bits per heavy atom. The van der Waals surface area contributed by atoms with Crippen molar-refractivity contribution in [2.75, 3.05) is 31.1 Å². The van der Waals surface area contributed by atoms with Crippen molar-refractivity contribution in [2.24, 2.45) is 17.6 Å². The molecule has 0 aromatic rings. The molecule has 1 saturated carbocycles. The molecule has 3 unspecified atom stereocenters. The highest BCUT2D eigenvalue weighted by molar-refractivity contribution is 7.99. The molecule has 2 rings (SSSR count). The normalized spacial score (nSPS) is 37.5. The first-order chi connectivity index (χ1) is 7.85. The summed E-state index contributed by atoms with van der Waals surface area (Å²) in [6.07, 6.45) is 5.54. The second-order valence-corrected chi connectivity index (χ2v) is 6.52. The molecule has 2 nitrogen and oxygen atoms in total. The summed E-state index contributed by atoms with van der Waals surface area (Å²) in [7, 11) is 0. The second-order valence-electron chi connectivity index (χ2n) is 5.30. The lowest BCUT2D eigenvalue weighted by molar-refractivity contribution is 0.0889. The molecule has 1 aliphatic carbocycles. The molecule has 2 N–H and O–H groups in total. The molecular weight excluding hydrogens is 216 g/mol. The lowest BCUT2D eigenvalue weighted by atomic mass is 9.76. The van der Waals surface area contributed by atoms with Crippen molar-refractivity contribution in [3.05, 3.63) is 0 Å². The van der Waals surface area contributed by atoms with Crippen LogP contribution in [0.3, 0.4) is 0 Å². The summed E-state index contributed by atoms with van der Waals surface area (Å²) in [5.74, 6) is 4.38. The molecule has 0 aromatic carbocycles. The number of nitrogens with two attached hydrogens (primary N) is 1. The fourth-order valence-electron chi connectivity index (χ4n) is 3.30. The fourth-order valence-corrected chi connectivity index (χ4v) is 4.23. The average Bonchev–Trinajstić information content (AvgIpc) is 2.39. The van der Waals surface area contributed by atoms with Crippen molar-refractivity contribution in [2.45, 2.75) is 38.6 Å². The van der Waals surface area contributed by atoms with E-state index in [0.717, 1.165) is 24.4 Å². The SMILES string of the molecule is CCC1CCC(CN)C(N2CCSCC2)C1. The van der Waals surface area contributed by atoms with Crippen LogP contribution in [0.15, 0.2) is 0 Å². The van der Waals surface area contributed by atoms with Gasteiger partial charge in [-0.05, 0) is 31.2 Å². The van der Waals surface area contributed by atoms with E-state index in [-0.39, 0.29) is 0 Å². The van der Waals surface area contributed by atoms with Crippen LogP contribution in [0.1, 0.15) is 32.6 Å². The monoisotopic (exact) mass is 242 g/mol. The van der Waals surface area contributed by atoms with E-state index in [9.17, 15) is 0 Å². The van der Waals surface area contributed by atoms with E-state index < -0.39 is 0 Å². The van der Waals surface area contributed by atoms with E-state index in [1.807, 2.05) is 0 Å². The zero-order valence-corrected chi connectivity index (χ0v) is 11.3. The summed E-state index contributed by atoms with van der Waals surface area (Å²) in [5.41, 5.74) is 5.96. The number of nitrogens with zero attached hydrogens (tertiary/aromatic N) is 1. The Bertz CT molecular complexity index is 204. The van der Waals surface area contributed by atoms with Crippen LogP contribution in [0.25, 0.3) is 0 Å². The molecule has 16 heavy (non-hydrogen) atoms. The molecule has 0 bridgehead atoms. The molecule has 2 aliphatic rings. The molecule has 0 radical (unpaired) electrons. The van der Waals surface area contributed by atoms with Crippen molar-refractivity contribution < 1.29 is 0 Å². The molecule has 0 spiro atoms. The second kappa shape index (κ2) is 6.27. The highest BCUT2D eigenvalue weighted by Gasteiger charge is 2.33. The van der Waals surface area contributed by atoms with Crippen LogP contribution in [0, 0.1) is 11.8 Å². The van der Waals surface area contributed by atoms with Gasteiger partial charge in [-0.2, -0.15) is 11.8 Å². The summed E-state index contributed by atoms with van der Waals surface area (Å²) in [5, 5.41) is 0. The minimum Gasteiger partial charge on any atom is -0.330 e. The molecule has 0 amide bonds. The van der Waals surface area contributed by atoms with Crippen molar-refractivity contribution in [3.8, 4) is 0 Å². The number of thioether (sulfide) groups is 1. The van der Waals surface area contributed by atoms with Crippen LogP contribution in [0.2, 0.25) is 0 Å². The van der Waals surface area contributed by atoms with E-state index in [4.69, 9.17) is 5.73 Å². The fraction of sp³-hybridized carbons (Fsp3) is 1.00. The number of hydrogen-bond donors (Lipinski definition) is 1. The third-order valence-corrected chi connectivity index (χ3v) is 5.40. The molecule has 1 heterocycles. The van der Waals surface area contributed by atoms with Gasteiger partial charge < -0.3 is 5.73 Å². The van der Waals surface area contributed by atoms with E-state index in [0.29, 0.717) is 0 Å². The van der Waals surface area contributed by atoms with Gasteiger partial charge in [0.2, 0.25) is 0 Å². The third-order valence-electron chi connectivity index (χ3n) is 4.46. The van der Waals surface area contributed by atoms with E-state index >= 15 is 0 Å². The maximum absolute atomic E-state index is 5.96. The molecule has 3 heteroatoms. The van der Waals surface area contributed by atoms with Crippen molar-refractivity contribution in [3.63, 3.8) is 0 Å². The highest BCUT2D eigenvalue weighted by atomic mass is 32.2. The Balaban J connectivity index is 1.95. The van der Waals surface area contributed by atoms with Crippen molar-refractivity contribution in [1.82, 2.24) is 4.90 Å². The first kappa shape index (κ1) is 12.7. The predicted molar refractivity (Wildman–Crippen MR) is 72.9 cm³/mol. The van der Waals surface area contributed by atoms with Gasteiger partial charge in [-0.3, -0.25) is 4.90 Å². The van der Waals surface area contributed by atoms with Crippen molar-refractivity contribution >= 4 is 11.8 Å². The Hall–Kier alpha value is 0.270. The molecule has 94 valence electrons. The van der Waals surface area contributed by atoms with Gasteiger partial charge in [-0.25, -0.2) is 0 Å². The summed E-state index contributed by atoms with van der Waals surface area (Å²) in [4.78, 5) is 2.73. The lowest BCUT2D eigenvalue weighted by Crippen LogP contribution is -2.49. The van der Waals surface area contributed by atoms with Gasteiger partial charge in [0.15, 0.2) is 0 Å². The molecule has 1 aliphatic heterocycles. The number of rotatable bonds is 3. The molecule has 3 atom stereocenters. The smallest absolute Gasteiger partial charge is 0.0139 e. The predicted octanol–water partition coefficient (Wildman–Crippen LogP) is 2.19. The van der Waals surface area contributed by atoms with E-state index in [1.54, 1.807) is 0 Å². The van der Waals surface area contributed by atoms with Crippen LogP contribution in [-0.4, -0.2) is 42.1 Å². The largest absolute Gasteiger partial charge is 0.330 e. The zero-order chi connectivity index (χ0) is 11.4. The van der Waals surface area contributed by atoms with Gasteiger partial charge >= 0.3 is 0 Å². The van der Waals surface area contributed by atoms with Gasteiger partial charge in [-0.1, -0.05) is 19.8 Å². The van der Waals surface area contributed by atoms with E-state index in [1.165, 1.54) is 50.3 Å².